The van der Waals surface area contributed by atoms with Gasteiger partial charge in [-0.15, -0.1) is 0 Å². The number of nitrogens with one attached hydrogen (secondary N) is 1. The third-order valence-corrected chi connectivity index (χ3v) is 14.9. The molecular weight excluding hydrogens is 959 g/mol. The van der Waals surface area contributed by atoms with E-state index in [4.69, 9.17) is 23.7 Å². The number of ether oxygens (including phenoxy) is 5. The number of methoxy groups -OCH3 is 1. The Morgan fingerprint density at radius 2 is 1.52 bits per heavy atom. The number of cyclic esters (lactones) is 1. The summed E-state index contributed by atoms with van der Waals surface area (Å²) in [6, 6.07) is 30.7. The minimum Gasteiger partial charge on any atom is -0.491 e. The zero-order valence-electron chi connectivity index (χ0n) is 41.9. The number of amides is 4. The number of benzene rings is 5. The highest BCUT2D eigenvalue weighted by atomic mass is 16.7. The van der Waals surface area contributed by atoms with Gasteiger partial charge in [0.2, 0.25) is 18.6 Å². The van der Waals surface area contributed by atoms with E-state index in [-0.39, 0.29) is 63.1 Å². The molecule has 0 unspecified atom stereocenters. The van der Waals surface area contributed by atoms with Gasteiger partial charge >= 0.3 is 18.0 Å². The van der Waals surface area contributed by atoms with Crippen LogP contribution in [0.3, 0.4) is 0 Å². The molecule has 5 aliphatic rings. The first-order valence-electron chi connectivity index (χ1n) is 25.3. The normalized spacial score (nSPS) is 23.3. The summed E-state index contributed by atoms with van der Waals surface area (Å²) in [6.45, 7) is 4.80. The molecule has 388 valence electrons. The number of nitrogens with zero attached hydrogens (tertiary/aromatic N) is 4. The quantitative estimate of drug-likeness (QED) is 0.0997. The number of piperazine rings is 1. The fourth-order valence-corrected chi connectivity index (χ4v) is 11.6. The highest BCUT2D eigenvalue weighted by Crippen LogP contribution is 2.67. The van der Waals surface area contributed by atoms with Gasteiger partial charge in [-0.3, -0.25) is 24.2 Å². The van der Waals surface area contributed by atoms with Crippen LogP contribution >= 0.6 is 0 Å². The maximum atomic E-state index is 16.9. The molecule has 5 heterocycles. The van der Waals surface area contributed by atoms with E-state index in [1.807, 2.05) is 83.8 Å². The van der Waals surface area contributed by atoms with E-state index >= 15 is 19.2 Å². The van der Waals surface area contributed by atoms with Crippen LogP contribution in [0.15, 0.2) is 121 Å². The molecular formula is C58H59N5O12. The zero-order chi connectivity index (χ0) is 52.4. The molecule has 1 spiro atoms. The van der Waals surface area contributed by atoms with Gasteiger partial charge in [-0.2, -0.15) is 0 Å². The monoisotopic (exact) mass is 1020 g/mol. The van der Waals surface area contributed by atoms with E-state index in [0.717, 1.165) is 10.5 Å². The standard InChI is InChI=1S/C58H59N5O12/c1-36(2)48(54(67)71-3)59-57(70)62-43-23-21-37(14-12-13-29-64)32-42(43)58(56(62)69)47(53(66)61-27-25-60(26-28-61)34-38-22-24-45-46(33-38)74-35-73-45)50-55(68)75-51(40-17-8-5-9-18-40)49(39-15-6-4-7-16-39)63(50)52(58)41-19-10-11-20-44(41)72-31-30-65/h4-11,15-24,32-33,36,47-52,64-65H,13,25-31,34-35H2,1-3H3,(H,59,70)/t47-,48-,49-,50-,51+,52+,58-/m0/s1. The van der Waals surface area contributed by atoms with Crippen molar-refractivity contribution in [3.63, 3.8) is 0 Å². The maximum Gasteiger partial charge on any atom is 0.329 e. The molecule has 0 saturated carbocycles. The number of rotatable bonds is 13. The van der Waals surface area contributed by atoms with Crippen LogP contribution in [0.2, 0.25) is 0 Å². The molecule has 10 rings (SSSR count). The Balaban J connectivity index is 1.21. The van der Waals surface area contributed by atoms with Crippen LogP contribution in [0, 0.1) is 23.7 Å². The number of esters is 2. The highest BCUT2D eigenvalue weighted by Gasteiger charge is 2.76. The number of urea groups is 1. The summed E-state index contributed by atoms with van der Waals surface area (Å²) < 4.78 is 29.3. The predicted octanol–water partition coefficient (Wildman–Crippen LogP) is 5.44. The van der Waals surface area contributed by atoms with E-state index < -0.39 is 77.3 Å². The number of carbonyl (C=O) groups is 5. The third-order valence-electron chi connectivity index (χ3n) is 14.9. The van der Waals surface area contributed by atoms with E-state index in [9.17, 15) is 15.0 Å². The van der Waals surface area contributed by atoms with E-state index in [0.29, 0.717) is 53.4 Å². The molecule has 3 N–H and O–H groups in total. The van der Waals surface area contributed by atoms with Crippen LogP contribution in [0.25, 0.3) is 0 Å². The molecule has 3 saturated heterocycles. The van der Waals surface area contributed by atoms with Gasteiger partial charge in [0.15, 0.2) is 11.5 Å². The minimum atomic E-state index is -2.15. The molecule has 4 amide bonds. The smallest absolute Gasteiger partial charge is 0.329 e. The number of carbonyl (C=O) groups excluding carboxylic acids is 5. The second-order valence-corrected chi connectivity index (χ2v) is 19.5. The minimum absolute atomic E-state index is 0.103. The first-order chi connectivity index (χ1) is 36.5. The van der Waals surface area contributed by atoms with E-state index in [2.05, 4.69) is 22.1 Å². The lowest BCUT2D eigenvalue weighted by Gasteiger charge is -2.46. The number of morpholine rings is 1. The second-order valence-electron chi connectivity index (χ2n) is 19.5. The van der Waals surface area contributed by atoms with Gasteiger partial charge in [-0.1, -0.05) is 111 Å². The van der Waals surface area contributed by atoms with Gasteiger partial charge < -0.3 is 44.1 Å². The maximum absolute atomic E-state index is 16.9. The van der Waals surface area contributed by atoms with Crippen LogP contribution < -0.4 is 24.4 Å². The zero-order valence-corrected chi connectivity index (χ0v) is 41.9. The third kappa shape index (κ3) is 9.22. The van der Waals surface area contributed by atoms with Crippen molar-refractivity contribution in [2.45, 2.75) is 62.5 Å². The number of aliphatic hydroxyl groups is 2. The van der Waals surface area contributed by atoms with Crippen molar-refractivity contribution < 1.29 is 57.9 Å². The molecule has 7 atom stereocenters. The van der Waals surface area contributed by atoms with Gasteiger partial charge in [-0.25, -0.2) is 14.5 Å². The molecule has 5 aliphatic heterocycles. The average Bonchev–Trinajstić information content (AvgIpc) is 4.22. The van der Waals surface area contributed by atoms with E-state index in [1.165, 1.54) is 7.11 Å². The number of fused-ring (bicyclic) bond motifs is 4. The van der Waals surface area contributed by atoms with Crippen LogP contribution in [0.4, 0.5) is 10.5 Å². The summed E-state index contributed by atoms with van der Waals surface area (Å²) in [6.07, 6.45) is -0.838. The number of aliphatic hydroxyl groups excluding tert-OH is 2. The lowest BCUT2D eigenvalue weighted by Crippen LogP contribution is -2.59. The highest BCUT2D eigenvalue weighted by molar-refractivity contribution is 6.25. The lowest BCUT2D eigenvalue weighted by atomic mass is 9.64. The first-order valence-corrected chi connectivity index (χ1v) is 25.3. The van der Waals surface area contributed by atoms with Crippen molar-refractivity contribution in [2.75, 3.05) is 64.8 Å². The fourth-order valence-electron chi connectivity index (χ4n) is 11.6. The van der Waals surface area contributed by atoms with Crippen molar-refractivity contribution in [3.8, 4) is 29.1 Å². The summed E-state index contributed by atoms with van der Waals surface area (Å²) in [5.74, 6) is 2.80. The van der Waals surface area contributed by atoms with Gasteiger partial charge in [-0.05, 0) is 64.6 Å². The number of para-hydroxylation sites is 1. The predicted molar refractivity (Wildman–Crippen MR) is 273 cm³/mol. The van der Waals surface area contributed by atoms with Gasteiger partial charge in [0.25, 0.3) is 0 Å². The molecule has 0 bridgehead atoms. The van der Waals surface area contributed by atoms with Crippen molar-refractivity contribution in [1.29, 1.82) is 0 Å². The lowest BCUT2D eigenvalue weighted by molar-refractivity contribution is -0.179. The largest absolute Gasteiger partial charge is 0.491 e. The Bertz CT molecular complexity index is 3030. The topological polar surface area (TPSA) is 197 Å². The van der Waals surface area contributed by atoms with Crippen LogP contribution in [-0.2, 0) is 40.6 Å². The number of hydrogen-bond acceptors (Lipinski definition) is 14. The summed E-state index contributed by atoms with van der Waals surface area (Å²) in [5.41, 5.74) is 1.35. The molecule has 5 aromatic carbocycles. The van der Waals surface area contributed by atoms with Gasteiger partial charge in [0.05, 0.1) is 44.0 Å². The molecule has 0 aromatic heterocycles. The molecule has 17 heteroatoms. The van der Waals surface area contributed by atoms with Gasteiger partial charge in [0, 0.05) is 50.3 Å². The fraction of sp³-hybridized carbons (Fsp3) is 0.362. The summed E-state index contributed by atoms with van der Waals surface area (Å²) in [5, 5.41) is 22.7. The molecule has 17 nitrogen and oxygen atoms in total. The Kier molecular flexibility index (Phi) is 14.6. The Labute approximate surface area is 434 Å². The van der Waals surface area contributed by atoms with Crippen LogP contribution in [0.1, 0.15) is 71.8 Å². The molecule has 0 aliphatic carbocycles. The Hall–Kier alpha value is -7.75. The Morgan fingerprint density at radius 1 is 0.813 bits per heavy atom. The van der Waals surface area contributed by atoms with Gasteiger partial charge in [0.1, 0.15) is 36.0 Å². The Morgan fingerprint density at radius 3 is 2.23 bits per heavy atom. The summed E-state index contributed by atoms with van der Waals surface area (Å²) in [7, 11) is 1.21. The SMILES string of the molecule is COC(=O)[C@@H](NC(=O)N1C(=O)[C@@]2(c3cc(C#CCCO)ccc31)[C@H](C(=O)N1CCN(Cc3ccc4c(c3)OCO4)CC1)[C@H]1C(=O)O[C@H](c3ccccc3)[C@H](c3ccccc3)N1[C@@H]2c1ccccc1OCCO)C(C)C. The molecule has 5 aromatic rings. The van der Waals surface area contributed by atoms with Crippen LogP contribution in [0.5, 0.6) is 17.2 Å². The number of imide groups is 1. The number of hydrogen-bond donors (Lipinski definition) is 3. The van der Waals surface area contributed by atoms with Crippen LogP contribution in [-0.4, -0.2) is 127 Å². The molecule has 0 radical (unpaired) electrons. The van der Waals surface area contributed by atoms with Crippen molar-refractivity contribution in [1.82, 2.24) is 20.0 Å². The average molecular weight is 1020 g/mol. The van der Waals surface area contributed by atoms with Crippen molar-refractivity contribution in [2.24, 2.45) is 11.8 Å². The summed E-state index contributed by atoms with van der Waals surface area (Å²) in [4.78, 5) is 84.4. The summed E-state index contributed by atoms with van der Waals surface area (Å²) >= 11 is 0. The number of anilines is 1. The van der Waals surface area contributed by atoms with Crippen molar-refractivity contribution in [3.05, 3.63) is 155 Å². The molecule has 3 fully saturated rings. The van der Waals surface area contributed by atoms with Crippen molar-refractivity contribution >= 4 is 35.5 Å². The van der Waals surface area contributed by atoms with E-state index in [1.54, 1.807) is 61.2 Å². The second kappa shape index (κ2) is 21.6. The molecule has 75 heavy (non-hydrogen) atoms. The first kappa shape index (κ1) is 50.8.